The van der Waals surface area contributed by atoms with E-state index < -0.39 is 10.0 Å². The van der Waals surface area contributed by atoms with Gasteiger partial charge in [-0.05, 0) is 58.7 Å². The summed E-state index contributed by atoms with van der Waals surface area (Å²) in [6, 6.07) is 8.15. The Kier molecular flexibility index (Phi) is 7.58. The normalized spacial score (nSPS) is 16.5. The first-order valence-electron chi connectivity index (χ1n) is 9.67. The Balaban J connectivity index is 1.84. The third-order valence-electron chi connectivity index (χ3n) is 4.76. The molecule has 1 fully saturated rings. The minimum absolute atomic E-state index is 0.00904. The number of carbonyl (C=O) groups excluding carboxylic acids is 1. The lowest BCUT2D eigenvalue weighted by molar-refractivity contribution is -0.126. The van der Waals surface area contributed by atoms with Crippen LogP contribution < -0.4 is 10.6 Å². The van der Waals surface area contributed by atoms with Gasteiger partial charge in [-0.3, -0.25) is 4.79 Å². The van der Waals surface area contributed by atoms with Gasteiger partial charge in [0, 0.05) is 31.1 Å². The van der Waals surface area contributed by atoms with E-state index in [0.717, 1.165) is 13.0 Å². The molecule has 2 rings (SSSR count). The van der Waals surface area contributed by atoms with Crippen molar-refractivity contribution in [3.8, 4) is 6.07 Å². The van der Waals surface area contributed by atoms with Crippen LogP contribution in [0.25, 0.3) is 0 Å². The van der Waals surface area contributed by atoms with Gasteiger partial charge in [-0.2, -0.15) is 9.57 Å². The zero-order valence-corrected chi connectivity index (χ0v) is 17.7. The number of hydrogen-bond donors (Lipinski definition) is 2. The van der Waals surface area contributed by atoms with Gasteiger partial charge in [-0.15, -0.1) is 0 Å². The van der Waals surface area contributed by atoms with Gasteiger partial charge >= 0.3 is 0 Å². The van der Waals surface area contributed by atoms with Crippen molar-refractivity contribution in [2.75, 3.05) is 26.2 Å². The first-order valence-corrected chi connectivity index (χ1v) is 11.1. The van der Waals surface area contributed by atoms with Crippen molar-refractivity contribution in [2.24, 2.45) is 5.92 Å². The number of nitrogens with zero attached hydrogens (tertiary/aromatic N) is 2. The molecule has 0 aromatic heterocycles. The number of nitrogens with one attached hydrogen (secondary N) is 2. The third kappa shape index (κ3) is 6.03. The van der Waals surface area contributed by atoms with Crippen molar-refractivity contribution >= 4 is 15.9 Å². The molecule has 1 amide bonds. The topological polar surface area (TPSA) is 102 Å². The van der Waals surface area contributed by atoms with Crippen molar-refractivity contribution in [3.63, 3.8) is 0 Å². The van der Waals surface area contributed by atoms with Crippen molar-refractivity contribution in [1.82, 2.24) is 14.9 Å². The molecule has 8 heteroatoms. The first-order chi connectivity index (χ1) is 13.1. The maximum Gasteiger partial charge on any atom is 0.244 e. The molecule has 0 bridgehead atoms. The molecule has 1 heterocycles. The quantitative estimate of drug-likeness (QED) is 0.673. The van der Waals surface area contributed by atoms with Gasteiger partial charge in [0.15, 0.2) is 0 Å². The highest BCUT2D eigenvalue weighted by Gasteiger charge is 2.33. The minimum atomic E-state index is -3.72. The van der Waals surface area contributed by atoms with Gasteiger partial charge in [-0.25, -0.2) is 8.42 Å². The molecule has 2 N–H and O–H groups in total. The predicted molar refractivity (Wildman–Crippen MR) is 108 cm³/mol. The Morgan fingerprint density at radius 1 is 1.21 bits per heavy atom. The number of rotatable bonds is 7. The molecule has 1 saturated heterocycles. The van der Waals surface area contributed by atoms with Crippen LogP contribution in [0.15, 0.2) is 29.2 Å². The number of carbonyl (C=O) groups is 1. The predicted octanol–water partition coefficient (Wildman–Crippen LogP) is 1.85. The molecule has 0 saturated carbocycles. The van der Waals surface area contributed by atoms with E-state index in [1.165, 1.54) is 16.4 Å². The van der Waals surface area contributed by atoms with Crippen LogP contribution in [-0.2, 0) is 14.8 Å². The second-order valence-corrected chi connectivity index (χ2v) is 10.0. The molecule has 0 spiro atoms. The van der Waals surface area contributed by atoms with Gasteiger partial charge in [0.05, 0.1) is 10.5 Å². The van der Waals surface area contributed by atoms with Gasteiger partial charge in [0.2, 0.25) is 15.9 Å². The van der Waals surface area contributed by atoms with E-state index in [1.54, 1.807) is 12.1 Å². The van der Waals surface area contributed by atoms with E-state index in [1.807, 2.05) is 6.07 Å². The molecular weight excluding hydrogens is 376 g/mol. The van der Waals surface area contributed by atoms with Crippen LogP contribution in [0.4, 0.5) is 0 Å². The average molecular weight is 407 g/mol. The third-order valence-corrected chi connectivity index (χ3v) is 6.71. The van der Waals surface area contributed by atoms with Crippen molar-refractivity contribution in [3.05, 3.63) is 29.8 Å². The molecule has 1 aromatic carbocycles. The van der Waals surface area contributed by atoms with Gasteiger partial charge in [0.25, 0.3) is 0 Å². The van der Waals surface area contributed by atoms with E-state index in [4.69, 9.17) is 5.26 Å². The molecule has 0 unspecified atom stereocenters. The van der Waals surface area contributed by atoms with Crippen LogP contribution in [0.1, 0.15) is 45.6 Å². The van der Waals surface area contributed by atoms with Gasteiger partial charge in [-0.1, -0.05) is 12.1 Å². The number of sulfonamides is 1. The van der Waals surface area contributed by atoms with Crippen LogP contribution in [0.2, 0.25) is 0 Å². The van der Waals surface area contributed by atoms with E-state index in [9.17, 15) is 13.2 Å². The maximum absolute atomic E-state index is 12.8. The summed E-state index contributed by atoms with van der Waals surface area (Å²) >= 11 is 0. The van der Waals surface area contributed by atoms with Crippen LogP contribution in [0.5, 0.6) is 0 Å². The van der Waals surface area contributed by atoms with Crippen molar-refractivity contribution in [2.45, 2.75) is 50.5 Å². The molecule has 28 heavy (non-hydrogen) atoms. The van der Waals surface area contributed by atoms with Crippen LogP contribution in [0, 0.1) is 17.2 Å². The fraction of sp³-hybridized carbons (Fsp3) is 0.600. The fourth-order valence-corrected chi connectivity index (χ4v) is 4.80. The highest BCUT2D eigenvalue weighted by Crippen LogP contribution is 2.25. The van der Waals surface area contributed by atoms with Crippen LogP contribution in [-0.4, -0.2) is 50.3 Å². The molecule has 0 atom stereocenters. The summed E-state index contributed by atoms with van der Waals surface area (Å²) in [4.78, 5) is 12.4. The molecule has 0 aliphatic carbocycles. The molecule has 0 radical (unpaired) electrons. The maximum atomic E-state index is 12.8. The Morgan fingerprint density at radius 2 is 1.86 bits per heavy atom. The lowest BCUT2D eigenvalue weighted by atomic mass is 9.97. The number of nitriles is 1. The zero-order chi connectivity index (χ0) is 20.8. The lowest BCUT2D eigenvalue weighted by Crippen LogP contribution is -2.43. The summed E-state index contributed by atoms with van der Waals surface area (Å²) in [7, 11) is -3.72. The summed E-state index contributed by atoms with van der Waals surface area (Å²) < 4.78 is 27.0. The lowest BCUT2D eigenvalue weighted by Gasteiger charge is -2.30. The number of piperidine rings is 1. The Hall–Kier alpha value is -1.95. The van der Waals surface area contributed by atoms with E-state index in [-0.39, 0.29) is 40.9 Å². The summed E-state index contributed by atoms with van der Waals surface area (Å²) in [5.41, 5.74) is 0.207. The highest BCUT2D eigenvalue weighted by molar-refractivity contribution is 7.89. The highest BCUT2D eigenvalue weighted by atomic mass is 32.2. The smallest absolute Gasteiger partial charge is 0.244 e. The molecule has 1 aliphatic rings. The minimum Gasteiger partial charge on any atom is -0.356 e. The molecule has 1 aliphatic heterocycles. The molecule has 154 valence electrons. The summed E-state index contributed by atoms with van der Waals surface area (Å²) in [6.45, 7) is 8.31. The van der Waals surface area contributed by atoms with Crippen LogP contribution in [0.3, 0.4) is 0 Å². The number of amides is 1. The van der Waals surface area contributed by atoms with Crippen molar-refractivity contribution in [1.29, 1.82) is 5.26 Å². The van der Waals surface area contributed by atoms with E-state index in [2.05, 4.69) is 31.4 Å². The fourth-order valence-electron chi connectivity index (χ4n) is 3.19. The average Bonchev–Trinajstić information content (AvgIpc) is 2.66. The Morgan fingerprint density at radius 3 is 2.46 bits per heavy atom. The van der Waals surface area contributed by atoms with Gasteiger partial charge in [0.1, 0.15) is 6.07 Å². The monoisotopic (exact) mass is 406 g/mol. The first kappa shape index (κ1) is 22.3. The van der Waals surface area contributed by atoms with E-state index >= 15 is 0 Å². The second-order valence-electron chi connectivity index (χ2n) is 8.11. The second kappa shape index (κ2) is 9.50. The summed E-state index contributed by atoms with van der Waals surface area (Å²) in [6.07, 6.45) is 1.82. The zero-order valence-electron chi connectivity index (χ0n) is 16.9. The van der Waals surface area contributed by atoms with Crippen molar-refractivity contribution < 1.29 is 13.2 Å². The number of benzene rings is 1. The summed E-state index contributed by atoms with van der Waals surface area (Å²) in [5, 5.41) is 15.5. The Bertz CT molecular complexity index is 817. The van der Waals surface area contributed by atoms with Gasteiger partial charge < -0.3 is 10.6 Å². The Labute approximate surface area is 168 Å². The SMILES string of the molecule is CC(C)(C)NCCCNC(=O)C1CCN(S(=O)(=O)c2ccccc2C#N)CC1. The van der Waals surface area contributed by atoms with Crippen LogP contribution >= 0.6 is 0 Å². The molecular formula is C20H30N4O3S. The standard InChI is InChI=1S/C20H30N4O3S/c1-20(2,3)23-12-6-11-22-19(25)16-9-13-24(14-10-16)28(26,27)18-8-5-4-7-17(18)15-21/h4-5,7-8,16,23H,6,9-14H2,1-3H3,(H,22,25). The number of hydrogen-bond acceptors (Lipinski definition) is 5. The molecule has 1 aromatic rings. The molecule has 7 nitrogen and oxygen atoms in total. The summed E-state index contributed by atoms with van der Waals surface area (Å²) in [5.74, 6) is -0.182. The largest absolute Gasteiger partial charge is 0.356 e. The van der Waals surface area contributed by atoms with E-state index in [0.29, 0.717) is 19.4 Å².